The molecule has 5 heteroatoms. The Morgan fingerprint density at radius 3 is 2.77 bits per heavy atom. The highest BCUT2D eigenvalue weighted by Gasteiger charge is 2.17. The van der Waals surface area contributed by atoms with Crippen molar-refractivity contribution in [3.05, 3.63) is 35.7 Å². The molecule has 0 atom stereocenters. The van der Waals surface area contributed by atoms with Gasteiger partial charge in [0.15, 0.2) is 0 Å². The van der Waals surface area contributed by atoms with Crippen molar-refractivity contribution < 1.29 is 9.47 Å². The van der Waals surface area contributed by atoms with Gasteiger partial charge < -0.3 is 9.47 Å². The standard InChI is InChI=1S/C17H19N3O2/c1-12-7-13(8-14(9-18)17(12)21-2)15-10-19-20(11-15)16-3-5-22-6-4-16/h7-8,10-11,16H,3-6H2,1-2H3. The normalized spacial score (nSPS) is 15.5. The topological polar surface area (TPSA) is 60.1 Å². The van der Waals surface area contributed by atoms with E-state index in [0.717, 1.165) is 42.7 Å². The first-order chi connectivity index (χ1) is 10.7. The Hall–Kier alpha value is -2.32. The SMILES string of the molecule is COc1c(C)cc(-c2cnn(C3CCOCC3)c2)cc1C#N. The minimum absolute atomic E-state index is 0.400. The van der Waals surface area contributed by atoms with Crippen LogP contribution in [0, 0.1) is 18.3 Å². The Labute approximate surface area is 130 Å². The number of hydrogen-bond donors (Lipinski definition) is 0. The van der Waals surface area contributed by atoms with Crippen LogP contribution in [0.1, 0.15) is 30.0 Å². The van der Waals surface area contributed by atoms with Crippen molar-refractivity contribution in [1.29, 1.82) is 5.26 Å². The molecule has 114 valence electrons. The molecule has 0 saturated carbocycles. The van der Waals surface area contributed by atoms with Crippen LogP contribution in [0.5, 0.6) is 5.75 Å². The Morgan fingerprint density at radius 1 is 1.32 bits per heavy atom. The molecular formula is C17H19N3O2. The van der Waals surface area contributed by atoms with Gasteiger partial charge in [-0.3, -0.25) is 4.68 Å². The average molecular weight is 297 g/mol. The molecule has 0 radical (unpaired) electrons. The summed E-state index contributed by atoms with van der Waals surface area (Å²) in [4.78, 5) is 0. The molecule has 0 N–H and O–H groups in total. The summed E-state index contributed by atoms with van der Waals surface area (Å²) >= 11 is 0. The third-order valence-electron chi connectivity index (χ3n) is 4.10. The number of hydrogen-bond acceptors (Lipinski definition) is 4. The second kappa shape index (κ2) is 6.20. The summed E-state index contributed by atoms with van der Waals surface area (Å²) in [5.41, 5.74) is 3.52. The molecule has 2 heterocycles. The Kier molecular flexibility index (Phi) is 4.12. The molecule has 22 heavy (non-hydrogen) atoms. The fourth-order valence-corrected chi connectivity index (χ4v) is 2.93. The number of benzene rings is 1. The van der Waals surface area contributed by atoms with E-state index in [4.69, 9.17) is 9.47 Å². The number of rotatable bonds is 3. The molecule has 1 aromatic heterocycles. The Bertz CT molecular complexity index is 709. The lowest BCUT2D eigenvalue weighted by atomic mass is 10.0. The van der Waals surface area contributed by atoms with Gasteiger partial charge in [-0.15, -0.1) is 0 Å². The lowest BCUT2D eigenvalue weighted by Gasteiger charge is -2.22. The third kappa shape index (κ3) is 2.70. The van der Waals surface area contributed by atoms with Crippen molar-refractivity contribution in [2.24, 2.45) is 0 Å². The zero-order valence-electron chi connectivity index (χ0n) is 12.9. The first-order valence-corrected chi connectivity index (χ1v) is 7.44. The summed E-state index contributed by atoms with van der Waals surface area (Å²) in [6.07, 6.45) is 5.90. The Balaban J connectivity index is 1.93. The molecule has 0 aliphatic carbocycles. The molecule has 1 aromatic carbocycles. The number of aromatic nitrogens is 2. The van der Waals surface area contributed by atoms with Crippen LogP contribution in [0.3, 0.4) is 0 Å². The quantitative estimate of drug-likeness (QED) is 0.873. The maximum Gasteiger partial charge on any atom is 0.139 e. The molecule has 0 amide bonds. The van der Waals surface area contributed by atoms with Gasteiger partial charge >= 0.3 is 0 Å². The molecule has 1 aliphatic rings. The number of nitriles is 1. The van der Waals surface area contributed by atoms with Crippen LogP contribution in [0.25, 0.3) is 11.1 Å². The fourth-order valence-electron chi connectivity index (χ4n) is 2.93. The molecular weight excluding hydrogens is 278 g/mol. The second-order valence-corrected chi connectivity index (χ2v) is 5.54. The van der Waals surface area contributed by atoms with E-state index in [1.807, 2.05) is 29.9 Å². The van der Waals surface area contributed by atoms with Crippen LogP contribution >= 0.6 is 0 Å². The molecule has 3 rings (SSSR count). The van der Waals surface area contributed by atoms with Crippen molar-refractivity contribution in [2.45, 2.75) is 25.8 Å². The number of nitrogens with zero attached hydrogens (tertiary/aromatic N) is 3. The van der Waals surface area contributed by atoms with Crippen molar-refractivity contribution in [1.82, 2.24) is 9.78 Å². The molecule has 2 aromatic rings. The van der Waals surface area contributed by atoms with Crippen LogP contribution in [-0.4, -0.2) is 30.1 Å². The van der Waals surface area contributed by atoms with Gasteiger partial charge in [0, 0.05) is 25.0 Å². The Morgan fingerprint density at radius 2 is 2.09 bits per heavy atom. The highest BCUT2D eigenvalue weighted by Crippen LogP contribution is 2.31. The van der Waals surface area contributed by atoms with E-state index in [0.29, 0.717) is 17.4 Å². The lowest BCUT2D eigenvalue weighted by molar-refractivity contribution is 0.0662. The van der Waals surface area contributed by atoms with E-state index in [1.165, 1.54) is 0 Å². The molecule has 0 bridgehead atoms. The number of methoxy groups -OCH3 is 1. The summed E-state index contributed by atoms with van der Waals surface area (Å²) in [6, 6.07) is 6.49. The summed E-state index contributed by atoms with van der Waals surface area (Å²) in [7, 11) is 1.59. The summed E-state index contributed by atoms with van der Waals surface area (Å²) in [5.74, 6) is 0.642. The molecule has 1 fully saturated rings. The first kappa shape index (κ1) is 14.6. The van der Waals surface area contributed by atoms with Crippen LogP contribution < -0.4 is 4.74 Å². The van der Waals surface area contributed by atoms with Crippen molar-refractivity contribution in [2.75, 3.05) is 20.3 Å². The minimum atomic E-state index is 0.400. The maximum absolute atomic E-state index is 9.29. The van der Waals surface area contributed by atoms with Crippen LogP contribution in [-0.2, 0) is 4.74 Å². The molecule has 5 nitrogen and oxygen atoms in total. The van der Waals surface area contributed by atoms with Gasteiger partial charge in [0.25, 0.3) is 0 Å². The highest BCUT2D eigenvalue weighted by atomic mass is 16.5. The molecule has 0 spiro atoms. The first-order valence-electron chi connectivity index (χ1n) is 7.44. The van der Waals surface area contributed by atoms with Gasteiger partial charge in [-0.1, -0.05) is 0 Å². The fraction of sp³-hybridized carbons (Fsp3) is 0.412. The predicted octanol–water partition coefficient (Wildman–Crippen LogP) is 3.09. The highest BCUT2D eigenvalue weighted by molar-refractivity contribution is 5.68. The zero-order valence-corrected chi connectivity index (χ0v) is 12.9. The van der Waals surface area contributed by atoms with E-state index >= 15 is 0 Å². The summed E-state index contributed by atoms with van der Waals surface area (Å²) < 4.78 is 12.7. The zero-order chi connectivity index (χ0) is 15.5. The van der Waals surface area contributed by atoms with E-state index in [1.54, 1.807) is 7.11 Å². The van der Waals surface area contributed by atoms with Gasteiger partial charge in [0.2, 0.25) is 0 Å². The largest absolute Gasteiger partial charge is 0.495 e. The predicted molar refractivity (Wildman–Crippen MR) is 82.8 cm³/mol. The van der Waals surface area contributed by atoms with Crippen LogP contribution in [0.2, 0.25) is 0 Å². The van der Waals surface area contributed by atoms with E-state index in [9.17, 15) is 5.26 Å². The summed E-state index contributed by atoms with van der Waals surface area (Å²) in [6.45, 7) is 3.53. The van der Waals surface area contributed by atoms with E-state index in [-0.39, 0.29) is 0 Å². The van der Waals surface area contributed by atoms with E-state index < -0.39 is 0 Å². The van der Waals surface area contributed by atoms with Gasteiger partial charge in [0.05, 0.1) is 24.9 Å². The lowest BCUT2D eigenvalue weighted by Crippen LogP contribution is -2.19. The second-order valence-electron chi connectivity index (χ2n) is 5.54. The third-order valence-corrected chi connectivity index (χ3v) is 4.10. The smallest absolute Gasteiger partial charge is 0.139 e. The van der Waals surface area contributed by atoms with Crippen molar-refractivity contribution in [3.63, 3.8) is 0 Å². The van der Waals surface area contributed by atoms with E-state index in [2.05, 4.69) is 17.4 Å². The molecule has 0 unspecified atom stereocenters. The molecule has 1 aliphatic heterocycles. The summed E-state index contributed by atoms with van der Waals surface area (Å²) in [5, 5.41) is 13.8. The monoisotopic (exact) mass is 297 g/mol. The van der Waals surface area contributed by atoms with Gasteiger partial charge in [-0.2, -0.15) is 10.4 Å². The van der Waals surface area contributed by atoms with Crippen molar-refractivity contribution >= 4 is 0 Å². The molecule has 1 saturated heterocycles. The van der Waals surface area contributed by atoms with Crippen molar-refractivity contribution in [3.8, 4) is 22.9 Å². The van der Waals surface area contributed by atoms with Crippen LogP contribution in [0.4, 0.5) is 0 Å². The average Bonchev–Trinajstić information content (AvgIpc) is 3.05. The maximum atomic E-state index is 9.29. The number of ether oxygens (including phenoxy) is 2. The van der Waals surface area contributed by atoms with Crippen LogP contribution in [0.15, 0.2) is 24.5 Å². The number of aryl methyl sites for hydroxylation is 1. The van der Waals surface area contributed by atoms with Gasteiger partial charge in [-0.25, -0.2) is 0 Å². The van der Waals surface area contributed by atoms with Gasteiger partial charge in [-0.05, 0) is 43.0 Å². The minimum Gasteiger partial charge on any atom is -0.495 e. The van der Waals surface area contributed by atoms with Gasteiger partial charge in [0.1, 0.15) is 11.8 Å².